The Bertz CT molecular complexity index is 1410. The van der Waals surface area contributed by atoms with Crippen LogP contribution >= 0.6 is 0 Å². The average Bonchev–Trinajstić information content (AvgIpc) is 2.96. The third kappa shape index (κ3) is 9.51. The van der Waals surface area contributed by atoms with E-state index in [2.05, 4.69) is 5.32 Å². The van der Waals surface area contributed by atoms with Crippen LogP contribution in [-0.4, -0.2) is 64.2 Å². The molecule has 3 rings (SSSR count). The van der Waals surface area contributed by atoms with Crippen LogP contribution in [0, 0.1) is 0 Å². The number of anilines is 1. The van der Waals surface area contributed by atoms with Gasteiger partial charge in [0, 0.05) is 32.0 Å². The van der Waals surface area contributed by atoms with Gasteiger partial charge in [0.15, 0.2) is 0 Å². The standard InChI is InChI=1S/C32H41N3O6S/c1-24(2)33-32(37)30(22-25-11-7-6-8-12-25)34(23-26-13-9-14-29(21-26)41-4)31(36)15-10-20-35(42(5,38)39)27-16-18-28(40-3)19-17-27/h6-9,11-14,16-19,21,24,30H,10,15,20,22-23H2,1-5H3,(H,33,37). The van der Waals surface area contributed by atoms with E-state index < -0.39 is 16.1 Å². The second kappa shape index (κ2) is 15.3. The van der Waals surface area contributed by atoms with E-state index in [4.69, 9.17) is 9.47 Å². The largest absolute Gasteiger partial charge is 0.497 e. The minimum absolute atomic E-state index is 0.0480. The van der Waals surface area contributed by atoms with Crippen molar-refractivity contribution in [2.45, 2.75) is 51.7 Å². The number of rotatable bonds is 15. The highest BCUT2D eigenvalue weighted by Crippen LogP contribution is 2.23. The summed E-state index contributed by atoms with van der Waals surface area (Å²) in [6.07, 6.45) is 1.78. The molecule has 1 N–H and O–H groups in total. The number of amides is 2. The van der Waals surface area contributed by atoms with Gasteiger partial charge in [-0.15, -0.1) is 0 Å². The number of sulfonamides is 1. The molecule has 10 heteroatoms. The van der Waals surface area contributed by atoms with Crippen molar-refractivity contribution in [1.82, 2.24) is 10.2 Å². The molecule has 2 amide bonds. The zero-order chi connectivity index (χ0) is 30.7. The lowest BCUT2D eigenvalue weighted by molar-refractivity contribution is -0.141. The molecule has 42 heavy (non-hydrogen) atoms. The Morgan fingerprint density at radius 1 is 0.857 bits per heavy atom. The highest BCUT2D eigenvalue weighted by molar-refractivity contribution is 7.92. The summed E-state index contributed by atoms with van der Waals surface area (Å²) < 4.78 is 37.1. The van der Waals surface area contributed by atoms with E-state index in [1.165, 1.54) is 4.31 Å². The fraction of sp³-hybridized carbons (Fsp3) is 0.375. The van der Waals surface area contributed by atoms with Crippen LogP contribution < -0.4 is 19.1 Å². The Morgan fingerprint density at radius 2 is 1.50 bits per heavy atom. The molecule has 0 radical (unpaired) electrons. The first-order valence-electron chi connectivity index (χ1n) is 13.9. The maximum absolute atomic E-state index is 13.9. The average molecular weight is 596 g/mol. The normalized spacial score (nSPS) is 12.0. The zero-order valence-electron chi connectivity index (χ0n) is 24.9. The molecule has 0 spiro atoms. The van der Waals surface area contributed by atoms with Crippen molar-refractivity contribution in [3.63, 3.8) is 0 Å². The van der Waals surface area contributed by atoms with Gasteiger partial charge in [-0.2, -0.15) is 0 Å². The zero-order valence-corrected chi connectivity index (χ0v) is 25.8. The Labute approximate surface area is 249 Å². The highest BCUT2D eigenvalue weighted by atomic mass is 32.2. The van der Waals surface area contributed by atoms with Crippen molar-refractivity contribution in [2.24, 2.45) is 0 Å². The van der Waals surface area contributed by atoms with Gasteiger partial charge in [0.1, 0.15) is 17.5 Å². The van der Waals surface area contributed by atoms with E-state index in [0.29, 0.717) is 23.6 Å². The summed E-state index contributed by atoms with van der Waals surface area (Å²) >= 11 is 0. The van der Waals surface area contributed by atoms with Gasteiger partial charge in [-0.25, -0.2) is 8.42 Å². The van der Waals surface area contributed by atoms with E-state index in [0.717, 1.165) is 17.4 Å². The molecule has 0 aliphatic heterocycles. The molecule has 1 unspecified atom stereocenters. The second-order valence-electron chi connectivity index (χ2n) is 10.4. The molecule has 1 atom stereocenters. The van der Waals surface area contributed by atoms with Crippen molar-refractivity contribution in [3.05, 3.63) is 90.0 Å². The highest BCUT2D eigenvalue weighted by Gasteiger charge is 2.31. The molecule has 3 aromatic rings. The van der Waals surface area contributed by atoms with Gasteiger partial charge in [0.25, 0.3) is 0 Å². The third-order valence-corrected chi connectivity index (χ3v) is 7.90. The summed E-state index contributed by atoms with van der Waals surface area (Å²) in [6.45, 7) is 4.05. The number of methoxy groups -OCH3 is 2. The fourth-order valence-corrected chi connectivity index (χ4v) is 5.62. The molecule has 0 fully saturated rings. The van der Waals surface area contributed by atoms with Crippen LogP contribution in [0.2, 0.25) is 0 Å². The van der Waals surface area contributed by atoms with Crippen molar-refractivity contribution in [3.8, 4) is 11.5 Å². The van der Waals surface area contributed by atoms with Crippen LogP contribution in [0.15, 0.2) is 78.9 Å². The summed E-state index contributed by atoms with van der Waals surface area (Å²) in [4.78, 5) is 29.0. The molecule has 3 aromatic carbocycles. The van der Waals surface area contributed by atoms with Crippen LogP contribution in [0.3, 0.4) is 0 Å². The van der Waals surface area contributed by atoms with E-state index in [9.17, 15) is 18.0 Å². The number of nitrogens with one attached hydrogen (secondary N) is 1. The summed E-state index contributed by atoms with van der Waals surface area (Å²) in [7, 11) is -0.490. The third-order valence-electron chi connectivity index (χ3n) is 6.70. The maximum Gasteiger partial charge on any atom is 0.243 e. The van der Waals surface area contributed by atoms with E-state index in [1.54, 1.807) is 43.4 Å². The SMILES string of the molecule is COc1ccc(N(CCCC(=O)N(Cc2cccc(OC)c2)C(Cc2ccccc2)C(=O)NC(C)C)S(C)(=O)=O)cc1. The molecule has 0 heterocycles. The van der Waals surface area contributed by atoms with Gasteiger partial charge in [0.05, 0.1) is 26.2 Å². The smallest absolute Gasteiger partial charge is 0.243 e. The molecule has 226 valence electrons. The lowest BCUT2D eigenvalue weighted by Gasteiger charge is -2.32. The number of benzene rings is 3. The van der Waals surface area contributed by atoms with Crippen LogP contribution in [0.5, 0.6) is 11.5 Å². The summed E-state index contributed by atoms with van der Waals surface area (Å²) in [6, 6.07) is 22.8. The molecule has 0 aromatic heterocycles. The minimum atomic E-state index is -3.61. The van der Waals surface area contributed by atoms with Crippen molar-refractivity contribution in [2.75, 3.05) is 31.3 Å². The molecule has 9 nitrogen and oxygen atoms in total. The van der Waals surface area contributed by atoms with E-state index in [-0.39, 0.29) is 43.8 Å². The number of carbonyl (C=O) groups excluding carboxylic acids is 2. The topological polar surface area (TPSA) is 105 Å². The Hall–Kier alpha value is -4.05. The van der Waals surface area contributed by atoms with Crippen molar-refractivity contribution >= 4 is 27.5 Å². The molecular weight excluding hydrogens is 554 g/mol. The molecule has 0 saturated heterocycles. The van der Waals surface area contributed by atoms with E-state index in [1.807, 2.05) is 68.4 Å². The van der Waals surface area contributed by atoms with Gasteiger partial charge in [-0.1, -0.05) is 42.5 Å². The van der Waals surface area contributed by atoms with Gasteiger partial charge < -0.3 is 19.7 Å². The lowest BCUT2D eigenvalue weighted by atomic mass is 10.0. The Morgan fingerprint density at radius 3 is 2.10 bits per heavy atom. The van der Waals surface area contributed by atoms with Gasteiger partial charge >= 0.3 is 0 Å². The molecule has 0 aliphatic carbocycles. The summed E-state index contributed by atoms with van der Waals surface area (Å²) in [5.74, 6) is 0.760. The van der Waals surface area contributed by atoms with Crippen molar-refractivity contribution < 1.29 is 27.5 Å². The quantitative estimate of drug-likeness (QED) is 0.279. The number of nitrogens with zero attached hydrogens (tertiary/aromatic N) is 2. The maximum atomic E-state index is 13.9. The molecule has 0 aliphatic rings. The number of hydrogen-bond donors (Lipinski definition) is 1. The summed E-state index contributed by atoms with van der Waals surface area (Å²) in [5, 5.41) is 2.98. The predicted molar refractivity (Wildman–Crippen MR) is 165 cm³/mol. The van der Waals surface area contributed by atoms with Crippen LogP contribution in [0.25, 0.3) is 0 Å². The van der Waals surface area contributed by atoms with Crippen LogP contribution in [-0.2, 0) is 32.6 Å². The van der Waals surface area contributed by atoms with Crippen LogP contribution in [0.4, 0.5) is 5.69 Å². The van der Waals surface area contributed by atoms with E-state index >= 15 is 0 Å². The first-order chi connectivity index (χ1) is 20.0. The predicted octanol–water partition coefficient (Wildman–Crippen LogP) is 4.41. The first kappa shape index (κ1) is 32.5. The van der Waals surface area contributed by atoms with Crippen LogP contribution in [0.1, 0.15) is 37.8 Å². The fourth-order valence-electron chi connectivity index (χ4n) is 4.65. The Kier molecular flexibility index (Phi) is 11.8. The van der Waals surface area contributed by atoms with Gasteiger partial charge in [-0.05, 0) is 67.8 Å². The van der Waals surface area contributed by atoms with Gasteiger partial charge in [0.2, 0.25) is 21.8 Å². The molecular formula is C32H41N3O6S. The molecule has 0 bridgehead atoms. The second-order valence-corrected chi connectivity index (χ2v) is 12.3. The number of carbonyl (C=O) groups is 2. The van der Waals surface area contributed by atoms with Crippen molar-refractivity contribution in [1.29, 1.82) is 0 Å². The Balaban J connectivity index is 1.89. The van der Waals surface area contributed by atoms with Gasteiger partial charge in [-0.3, -0.25) is 13.9 Å². The number of ether oxygens (including phenoxy) is 2. The first-order valence-corrected chi connectivity index (χ1v) is 15.7. The lowest BCUT2D eigenvalue weighted by Crippen LogP contribution is -2.51. The summed E-state index contributed by atoms with van der Waals surface area (Å²) in [5.41, 5.74) is 2.22. The number of hydrogen-bond acceptors (Lipinski definition) is 6. The molecule has 0 saturated carbocycles. The minimum Gasteiger partial charge on any atom is -0.497 e. The monoisotopic (exact) mass is 595 g/mol.